The average molecular weight is 229 g/mol. The van der Waals surface area contributed by atoms with E-state index in [1.807, 2.05) is 0 Å². The van der Waals surface area contributed by atoms with Crippen LogP contribution >= 0.6 is 0 Å². The molecule has 0 aliphatic heterocycles. The Bertz CT molecular complexity index is 685. The normalized spacial score (nSPS) is 10.8. The van der Waals surface area contributed by atoms with Gasteiger partial charge in [-0.1, -0.05) is 6.07 Å². The number of imidazole rings is 1. The van der Waals surface area contributed by atoms with E-state index in [4.69, 9.17) is 4.42 Å². The Hall–Kier alpha value is -2.63. The van der Waals surface area contributed by atoms with Gasteiger partial charge in [-0.05, 0) is 18.2 Å². The summed E-state index contributed by atoms with van der Waals surface area (Å²) in [4.78, 5) is 17.6. The molecule has 0 saturated carbocycles. The van der Waals surface area contributed by atoms with E-state index in [1.165, 1.54) is 12.3 Å². The summed E-state index contributed by atoms with van der Waals surface area (Å²) in [6.45, 7) is 0. The standard InChI is InChI=1S/C11H7N3O3/c15-14(16)8-4-1-3-7-10(8)13-11(12-7)9-5-2-6-17-9/h1-6H,(H,12,13). The topological polar surface area (TPSA) is 85.0 Å². The summed E-state index contributed by atoms with van der Waals surface area (Å²) in [5, 5.41) is 10.8. The van der Waals surface area contributed by atoms with Crippen LogP contribution in [0.15, 0.2) is 41.0 Å². The maximum Gasteiger partial charge on any atom is 0.294 e. The van der Waals surface area contributed by atoms with Crippen LogP contribution < -0.4 is 0 Å². The third-order valence-corrected chi connectivity index (χ3v) is 2.45. The van der Waals surface area contributed by atoms with Gasteiger partial charge in [0.05, 0.1) is 16.7 Å². The Morgan fingerprint density at radius 1 is 1.29 bits per heavy atom. The van der Waals surface area contributed by atoms with E-state index in [1.54, 1.807) is 24.3 Å². The molecule has 0 unspecified atom stereocenters. The fourth-order valence-corrected chi connectivity index (χ4v) is 1.70. The molecule has 6 heteroatoms. The second-order valence-electron chi connectivity index (χ2n) is 3.49. The van der Waals surface area contributed by atoms with Gasteiger partial charge in [0.15, 0.2) is 11.6 Å². The number of rotatable bonds is 2. The van der Waals surface area contributed by atoms with Crippen molar-refractivity contribution in [2.75, 3.05) is 0 Å². The molecule has 0 radical (unpaired) electrons. The highest BCUT2D eigenvalue weighted by atomic mass is 16.6. The zero-order valence-electron chi connectivity index (χ0n) is 8.58. The number of fused-ring (bicyclic) bond motifs is 1. The fraction of sp³-hybridized carbons (Fsp3) is 0. The lowest BCUT2D eigenvalue weighted by Gasteiger charge is -1.90. The van der Waals surface area contributed by atoms with Gasteiger partial charge in [0.25, 0.3) is 5.69 Å². The van der Waals surface area contributed by atoms with Crippen LogP contribution in [-0.2, 0) is 0 Å². The zero-order valence-corrected chi connectivity index (χ0v) is 8.58. The lowest BCUT2D eigenvalue weighted by Crippen LogP contribution is -1.88. The molecule has 0 amide bonds. The monoisotopic (exact) mass is 229 g/mol. The first-order chi connectivity index (χ1) is 8.25. The van der Waals surface area contributed by atoms with Crippen molar-refractivity contribution in [1.82, 2.24) is 9.97 Å². The summed E-state index contributed by atoms with van der Waals surface area (Å²) in [5.74, 6) is 1.04. The number of non-ortho nitro benzene ring substituents is 1. The first kappa shape index (κ1) is 9.59. The van der Waals surface area contributed by atoms with Crippen molar-refractivity contribution in [3.8, 4) is 11.6 Å². The first-order valence-corrected chi connectivity index (χ1v) is 4.93. The molecule has 84 valence electrons. The number of hydrogen-bond acceptors (Lipinski definition) is 4. The number of nitro groups is 1. The highest BCUT2D eigenvalue weighted by Gasteiger charge is 2.16. The number of furan rings is 1. The van der Waals surface area contributed by atoms with Gasteiger partial charge in [-0.25, -0.2) is 4.98 Å². The maximum atomic E-state index is 10.8. The Morgan fingerprint density at radius 3 is 2.88 bits per heavy atom. The quantitative estimate of drug-likeness (QED) is 0.540. The van der Waals surface area contributed by atoms with Gasteiger partial charge in [-0.3, -0.25) is 10.1 Å². The molecule has 3 aromatic rings. The number of aromatic amines is 1. The van der Waals surface area contributed by atoms with E-state index in [9.17, 15) is 10.1 Å². The third-order valence-electron chi connectivity index (χ3n) is 2.45. The minimum absolute atomic E-state index is 0.00723. The second-order valence-corrected chi connectivity index (χ2v) is 3.49. The van der Waals surface area contributed by atoms with E-state index in [0.717, 1.165) is 0 Å². The predicted octanol–water partition coefficient (Wildman–Crippen LogP) is 2.73. The fourth-order valence-electron chi connectivity index (χ4n) is 1.70. The average Bonchev–Trinajstić information content (AvgIpc) is 2.96. The van der Waals surface area contributed by atoms with Crippen molar-refractivity contribution in [2.45, 2.75) is 0 Å². The Morgan fingerprint density at radius 2 is 2.18 bits per heavy atom. The number of nitrogens with one attached hydrogen (secondary N) is 1. The number of benzene rings is 1. The summed E-state index contributed by atoms with van der Waals surface area (Å²) < 4.78 is 5.19. The molecule has 2 heterocycles. The van der Waals surface area contributed by atoms with Crippen molar-refractivity contribution in [1.29, 1.82) is 0 Å². The summed E-state index contributed by atoms with van der Waals surface area (Å²) >= 11 is 0. The van der Waals surface area contributed by atoms with Gasteiger partial charge < -0.3 is 9.40 Å². The van der Waals surface area contributed by atoms with Crippen LogP contribution in [0.3, 0.4) is 0 Å². The van der Waals surface area contributed by atoms with E-state index >= 15 is 0 Å². The molecule has 0 spiro atoms. The van der Waals surface area contributed by atoms with Crippen molar-refractivity contribution in [2.24, 2.45) is 0 Å². The molecule has 3 rings (SSSR count). The molecule has 1 aromatic carbocycles. The molecule has 6 nitrogen and oxygen atoms in total. The van der Waals surface area contributed by atoms with Crippen LogP contribution in [0.1, 0.15) is 0 Å². The minimum Gasteiger partial charge on any atom is -0.461 e. The molecular formula is C11H7N3O3. The van der Waals surface area contributed by atoms with Crippen molar-refractivity contribution in [3.63, 3.8) is 0 Å². The van der Waals surface area contributed by atoms with Crippen LogP contribution in [0.25, 0.3) is 22.6 Å². The lowest BCUT2D eigenvalue weighted by atomic mass is 10.3. The number of H-pyrrole nitrogens is 1. The number of nitrogens with zero attached hydrogens (tertiary/aromatic N) is 2. The second kappa shape index (κ2) is 3.44. The van der Waals surface area contributed by atoms with Gasteiger partial charge in [0, 0.05) is 6.07 Å². The van der Waals surface area contributed by atoms with Crippen LogP contribution in [0.4, 0.5) is 5.69 Å². The summed E-state index contributed by atoms with van der Waals surface area (Å²) in [6.07, 6.45) is 1.52. The maximum absolute atomic E-state index is 10.8. The Kier molecular flexibility index (Phi) is 1.94. The largest absolute Gasteiger partial charge is 0.461 e. The van der Waals surface area contributed by atoms with Crippen molar-refractivity contribution < 1.29 is 9.34 Å². The van der Waals surface area contributed by atoms with Gasteiger partial charge in [0.2, 0.25) is 0 Å². The van der Waals surface area contributed by atoms with Crippen LogP contribution in [0, 0.1) is 10.1 Å². The highest BCUT2D eigenvalue weighted by Crippen LogP contribution is 2.26. The number of hydrogen-bond donors (Lipinski definition) is 1. The van der Waals surface area contributed by atoms with E-state index in [2.05, 4.69) is 9.97 Å². The smallest absolute Gasteiger partial charge is 0.294 e. The van der Waals surface area contributed by atoms with Crippen LogP contribution in [0.5, 0.6) is 0 Å². The molecule has 17 heavy (non-hydrogen) atoms. The molecule has 1 N–H and O–H groups in total. The molecule has 0 aliphatic rings. The summed E-state index contributed by atoms with van der Waals surface area (Å²) in [5.41, 5.74) is 0.960. The van der Waals surface area contributed by atoms with Crippen molar-refractivity contribution in [3.05, 3.63) is 46.7 Å². The Balaban J connectivity index is 2.26. The first-order valence-electron chi connectivity index (χ1n) is 4.93. The number of aromatic nitrogens is 2. The molecule has 0 atom stereocenters. The Labute approximate surface area is 95.0 Å². The third kappa shape index (κ3) is 1.46. The van der Waals surface area contributed by atoms with Gasteiger partial charge in [-0.15, -0.1) is 0 Å². The zero-order chi connectivity index (χ0) is 11.8. The lowest BCUT2D eigenvalue weighted by molar-refractivity contribution is -0.383. The minimum atomic E-state index is -0.438. The molecule has 0 aliphatic carbocycles. The number of nitro benzene ring substituents is 1. The molecule has 0 saturated heterocycles. The molecular weight excluding hydrogens is 222 g/mol. The van der Waals surface area contributed by atoms with Crippen LogP contribution in [-0.4, -0.2) is 14.9 Å². The highest BCUT2D eigenvalue weighted by molar-refractivity contribution is 5.86. The van der Waals surface area contributed by atoms with E-state index < -0.39 is 4.92 Å². The molecule has 2 aromatic heterocycles. The van der Waals surface area contributed by atoms with E-state index in [-0.39, 0.29) is 5.69 Å². The van der Waals surface area contributed by atoms with Crippen molar-refractivity contribution >= 4 is 16.7 Å². The number of para-hydroxylation sites is 1. The predicted molar refractivity (Wildman–Crippen MR) is 60.5 cm³/mol. The van der Waals surface area contributed by atoms with Gasteiger partial charge in [-0.2, -0.15) is 0 Å². The molecule has 0 fully saturated rings. The van der Waals surface area contributed by atoms with Gasteiger partial charge in [0.1, 0.15) is 5.52 Å². The SMILES string of the molecule is O=[N+]([O-])c1cccc2nc(-c3ccco3)[nH]c12. The van der Waals surface area contributed by atoms with E-state index in [0.29, 0.717) is 22.6 Å². The molecule has 0 bridgehead atoms. The summed E-state index contributed by atoms with van der Waals surface area (Å²) in [7, 11) is 0. The summed E-state index contributed by atoms with van der Waals surface area (Å²) in [6, 6.07) is 8.23. The van der Waals surface area contributed by atoms with Gasteiger partial charge >= 0.3 is 0 Å². The van der Waals surface area contributed by atoms with Crippen LogP contribution in [0.2, 0.25) is 0 Å².